The number of nitrogens with one attached hydrogen (secondary N) is 1. The molecule has 1 spiro atoms. The summed E-state index contributed by atoms with van der Waals surface area (Å²) in [6.07, 6.45) is 3.00. The third-order valence-electron chi connectivity index (χ3n) is 6.87. The minimum Gasteiger partial charge on any atom is -0.481 e. The van der Waals surface area contributed by atoms with Gasteiger partial charge in [0.25, 0.3) is 5.91 Å². The van der Waals surface area contributed by atoms with Gasteiger partial charge in [0.1, 0.15) is 0 Å². The second-order valence-corrected chi connectivity index (χ2v) is 11.3. The van der Waals surface area contributed by atoms with E-state index in [1.54, 1.807) is 17.5 Å². The minimum absolute atomic E-state index is 0.0269. The smallest absolute Gasteiger partial charge is 0.306 e. The van der Waals surface area contributed by atoms with E-state index in [1.165, 1.54) is 11.3 Å². The van der Waals surface area contributed by atoms with Gasteiger partial charge in [-0.1, -0.05) is 54.6 Å². The average Bonchev–Trinajstić information content (AvgIpc) is 3.15. The van der Waals surface area contributed by atoms with Crippen molar-refractivity contribution in [3.63, 3.8) is 0 Å². The first-order chi connectivity index (χ1) is 15.8. The van der Waals surface area contributed by atoms with Crippen molar-refractivity contribution in [2.75, 3.05) is 0 Å². The summed E-state index contributed by atoms with van der Waals surface area (Å²) < 4.78 is 0.637. The first kappa shape index (κ1) is 22.0. The molecule has 2 N–H and O–H groups in total. The highest BCUT2D eigenvalue weighted by atomic mass is 79.9. The van der Waals surface area contributed by atoms with Gasteiger partial charge >= 0.3 is 5.97 Å². The minimum atomic E-state index is -0.726. The van der Waals surface area contributed by atoms with Crippen LogP contribution in [-0.2, 0) is 4.79 Å². The van der Waals surface area contributed by atoms with Gasteiger partial charge in [0.2, 0.25) is 0 Å². The second-order valence-electron chi connectivity index (χ2n) is 9.09. The van der Waals surface area contributed by atoms with E-state index in [1.807, 2.05) is 42.5 Å². The Morgan fingerprint density at radius 3 is 2.21 bits per heavy atom. The number of hydrogen-bond donors (Lipinski definition) is 2. The summed E-state index contributed by atoms with van der Waals surface area (Å²) in [7, 11) is 0. The van der Waals surface area contributed by atoms with Crippen LogP contribution in [0.3, 0.4) is 0 Å². The highest BCUT2D eigenvalue weighted by Gasteiger charge is 2.55. The van der Waals surface area contributed by atoms with Crippen molar-refractivity contribution in [2.24, 2.45) is 11.3 Å². The van der Waals surface area contributed by atoms with Gasteiger partial charge in [-0.15, -0.1) is 11.3 Å². The van der Waals surface area contributed by atoms with Gasteiger partial charge in [0.15, 0.2) is 5.78 Å². The maximum absolute atomic E-state index is 13.3. The number of amides is 1. The molecule has 168 valence electrons. The normalized spacial score (nSPS) is 23.4. The van der Waals surface area contributed by atoms with Crippen LogP contribution in [0.25, 0.3) is 11.1 Å². The summed E-state index contributed by atoms with van der Waals surface area (Å²) in [5.41, 5.74) is 3.47. The van der Waals surface area contributed by atoms with E-state index < -0.39 is 5.97 Å². The molecule has 5 rings (SSSR count). The zero-order valence-electron chi connectivity index (χ0n) is 17.7. The first-order valence-electron chi connectivity index (χ1n) is 10.9. The van der Waals surface area contributed by atoms with Crippen LogP contribution in [0.5, 0.6) is 0 Å². The molecular weight excluding hydrogens is 502 g/mol. The van der Waals surface area contributed by atoms with Gasteiger partial charge < -0.3 is 10.4 Å². The molecule has 3 aromatic rings. The fourth-order valence-electron chi connectivity index (χ4n) is 5.15. The molecule has 0 radical (unpaired) electrons. The number of thiophene rings is 1. The summed E-state index contributed by atoms with van der Waals surface area (Å²) in [5, 5.41) is 13.8. The quantitative estimate of drug-likeness (QED) is 0.401. The molecule has 1 heterocycles. The van der Waals surface area contributed by atoms with Crippen LogP contribution in [0.1, 0.15) is 52.0 Å². The third kappa shape index (κ3) is 4.15. The molecule has 0 atom stereocenters. The van der Waals surface area contributed by atoms with E-state index in [0.29, 0.717) is 33.3 Å². The Bertz CT molecular complexity index is 1220. The predicted molar refractivity (Wildman–Crippen MR) is 131 cm³/mol. The van der Waals surface area contributed by atoms with Gasteiger partial charge in [-0.05, 0) is 58.2 Å². The van der Waals surface area contributed by atoms with Crippen molar-refractivity contribution >= 4 is 44.9 Å². The lowest BCUT2D eigenvalue weighted by molar-refractivity contribution is -0.155. The fourth-order valence-corrected chi connectivity index (χ4v) is 6.59. The van der Waals surface area contributed by atoms with Crippen molar-refractivity contribution in [3.05, 3.63) is 80.5 Å². The number of benzene rings is 2. The van der Waals surface area contributed by atoms with Gasteiger partial charge in [0, 0.05) is 17.0 Å². The van der Waals surface area contributed by atoms with E-state index in [9.17, 15) is 14.4 Å². The van der Waals surface area contributed by atoms with Gasteiger partial charge in [0.05, 0.1) is 20.8 Å². The van der Waals surface area contributed by atoms with Gasteiger partial charge in [-0.3, -0.25) is 14.4 Å². The Labute approximate surface area is 204 Å². The fraction of sp³-hybridized carbons (Fsp3) is 0.269. The molecule has 5 nitrogen and oxygen atoms in total. The predicted octanol–water partition coefficient (Wildman–Crippen LogP) is 5.78. The van der Waals surface area contributed by atoms with Crippen LogP contribution < -0.4 is 5.32 Å². The highest BCUT2D eigenvalue weighted by molar-refractivity contribution is 9.11. The molecule has 0 bridgehead atoms. The second kappa shape index (κ2) is 8.54. The number of aliphatic carboxylic acids is 1. The molecule has 0 aliphatic heterocycles. The van der Waals surface area contributed by atoms with Crippen molar-refractivity contribution in [1.82, 2.24) is 5.32 Å². The van der Waals surface area contributed by atoms with Crippen LogP contribution in [0.15, 0.2) is 63.8 Å². The molecule has 2 aromatic carbocycles. The average molecular weight is 524 g/mol. The number of carboxylic acids is 1. The molecule has 33 heavy (non-hydrogen) atoms. The molecular formula is C26H22BrNO4S. The van der Waals surface area contributed by atoms with E-state index in [2.05, 4.69) is 21.2 Å². The number of rotatable bonds is 6. The van der Waals surface area contributed by atoms with Gasteiger partial charge in [-0.25, -0.2) is 0 Å². The molecule has 7 heteroatoms. The zero-order valence-corrected chi connectivity index (χ0v) is 20.1. The molecule has 0 unspecified atom stereocenters. The van der Waals surface area contributed by atoms with Crippen molar-refractivity contribution < 1.29 is 19.5 Å². The lowest BCUT2D eigenvalue weighted by Gasteiger charge is -2.56. The lowest BCUT2D eigenvalue weighted by atomic mass is 9.50. The van der Waals surface area contributed by atoms with Crippen molar-refractivity contribution in [1.29, 1.82) is 0 Å². The van der Waals surface area contributed by atoms with Crippen molar-refractivity contribution in [2.45, 2.75) is 31.7 Å². The standard InChI is InChI=1S/C26H22BrNO4S/c27-23-21(22(29)17-8-6-16(7-9-17)15-4-2-1-3-5-15)20(14-33-23)24(30)28-19-12-26(13-19)10-18(11-26)25(31)32/h1-9,14,18-19H,10-13H2,(H,28,30)(H,31,32). The third-order valence-corrected chi connectivity index (χ3v) is 8.60. The summed E-state index contributed by atoms with van der Waals surface area (Å²) in [5.74, 6) is -1.42. The van der Waals surface area contributed by atoms with E-state index in [0.717, 1.165) is 24.0 Å². The Kier molecular flexibility index (Phi) is 5.70. The molecule has 2 saturated carbocycles. The summed E-state index contributed by atoms with van der Waals surface area (Å²) >= 11 is 4.78. The Morgan fingerprint density at radius 2 is 1.58 bits per heavy atom. The Balaban J connectivity index is 1.27. The number of halogens is 1. The SMILES string of the molecule is O=C(NC1CC2(C1)CC(C(=O)O)C2)c1csc(Br)c1C(=O)c1ccc(-c2ccccc2)cc1. The van der Waals surface area contributed by atoms with Crippen LogP contribution in [0.2, 0.25) is 0 Å². The number of carbonyl (C=O) groups is 3. The Morgan fingerprint density at radius 1 is 0.939 bits per heavy atom. The Hall–Kier alpha value is -2.77. The summed E-state index contributed by atoms with van der Waals surface area (Å²) in [6.45, 7) is 0. The van der Waals surface area contributed by atoms with Gasteiger partial charge in [-0.2, -0.15) is 0 Å². The zero-order chi connectivity index (χ0) is 23.2. The van der Waals surface area contributed by atoms with E-state index >= 15 is 0 Å². The monoisotopic (exact) mass is 523 g/mol. The van der Waals surface area contributed by atoms with Crippen molar-refractivity contribution in [3.8, 4) is 11.1 Å². The number of carbonyl (C=O) groups excluding carboxylic acids is 2. The lowest BCUT2D eigenvalue weighted by Crippen LogP contribution is -2.57. The molecule has 2 aliphatic carbocycles. The van der Waals surface area contributed by atoms with Crippen LogP contribution in [-0.4, -0.2) is 28.8 Å². The maximum atomic E-state index is 13.3. The largest absolute Gasteiger partial charge is 0.481 e. The number of hydrogen-bond acceptors (Lipinski definition) is 4. The van der Waals surface area contributed by atoms with Crippen LogP contribution in [0.4, 0.5) is 0 Å². The first-order valence-corrected chi connectivity index (χ1v) is 12.5. The summed E-state index contributed by atoms with van der Waals surface area (Å²) in [6, 6.07) is 17.4. The number of ketones is 1. The van der Waals surface area contributed by atoms with Crippen LogP contribution in [0, 0.1) is 11.3 Å². The molecule has 2 aliphatic rings. The molecule has 0 saturated heterocycles. The molecule has 1 aromatic heterocycles. The number of carboxylic acid groups (broad SMARTS) is 1. The maximum Gasteiger partial charge on any atom is 0.306 e. The molecule has 1 amide bonds. The summed E-state index contributed by atoms with van der Waals surface area (Å²) in [4.78, 5) is 37.3. The highest BCUT2D eigenvalue weighted by Crippen LogP contribution is 2.58. The topological polar surface area (TPSA) is 83.5 Å². The van der Waals surface area contributed by atoms with E-state index in [-0.39, 0.29) is 29.1 Å². The van der Waals surface area contributed by atoms with E-state index in [4.69, 9.17) is 5.11 Å². The molecule has 2 fully saturated rings. The van der Waals surface area contributed by atoms with Crippen LogP contribution >= 0.6 is 27.3 Å².